The lowest BCUT2D eigenvalue weighted by Crippen LogP contribution is -2.43. The quantitative estimate of drug-likeness (QED) is 0.828. The Bertz CT molecular complexity index is 394. The van der Waals surface area contributed by atoms with E-state index >= 15 is 0 Å². The minimum absolute atomic E-state index is 0.00241. The zero-order chi connectivity index (χ0) is 14.4. The van der Waals surface area contributed by atoms with E-state index in [4.69, 9.17) is 5.73 Å². The highest BCUT2D eigenvalue weighted by molar-refractivity contribution is 5.77. The number of aromatic nitrogens is 1. The van der Waals surface area contributed by atoms with Crippen LogP contribution < -0.4 is 5.73 Å². The number of nitrogens with two attached hydrogens (primary N) is 1. The highest BCUT2D eigenvalue weighted by atomic mass is 16.2. The molecule has 1 heterocycles. The van der Waals surface area contributed by atoms with Crippen LogP contribution in [0.4, 0.5) is 0 Å². The Morgan fingerprint density at radius 2 is 2.11 bits per heavy atom. The van der Waals surface area contributed by atoms with Crippen molar-refractivity contribution in [1.29, 1.82) is 0 Å². The number of pyridine rings is 1. The number of hydrogen-bond acceptors (Lipinski definition) is 4. The van der Waals surface area contributed by atoms with Crippen LogP contribution in [0.2, 0.25) is 0 Å². The van der Waals surface area contributed by atoms with Crippen molar-refractivity contribution in [3.63, 3.8) is 0 Å². The highest BCUT2D eigenvalue weighted by Gasteiger charge is 2.25. The lowest BCUT2D eigenvalue weighted by molar-refractivity contribution is -0.130. The van der Waals surface area contributed by atoms with Crippen molar-refractivity contribution in [1.82, 2.24) is 14.8 Å². The maximum absolute atomic E-state index is 11.8. The minimum Gasteiger partial charge on any atom is -0.348 e. The molecule has 5 nitrogen and oxygen atoms in total. The van der Waals surface area contributed by atoms with Gasteiger partial charge in [-0.1, -0.05) is 13.0 Å². The Hall–Kier alpha value is -1.46. The van der Waals surface area contributed by atoms with Crippen LogP contribution in [0.25, 0.3) is 0 Å². The smallest absolute Gasteiger partial charge is 0.236 e. The lowest BCUT2D eigenvalue weighted by atomic mass is 9.98. The molecule has 0 saturated carbocycles. The van der Waals surface area contributed by atoms with Crippen LogP contribution in [0, 0.1) is 0 Å². The van der Waals surface area contributed by atoms with Gasteiger partial charge in [0.1, 0.15) is 0 Å². The van der Waals surface area contributed by atoms with Gasteiger partial charge < -0.3 is 10.6 Å². The average molecular weight is 264 g/mol. The van der Waals surface area contributed by atoms with Crippen LogP contribution >= 0.6 is 0 Å². The Labute approximate surface area is 115 Å². The van der Waals surface area contributed by atoms with Gasteiger partial charge in [0.25, 0.3) is 0 Å². The van der Waals surface area contributed by atoms with Gasteiger partial charge in [0, 0.05) is 32.5 Å². The van der Waals surface area contributed by atoms with Gasteiger partial charge in [-0.15, -0.1) is 0 Å². The van der Waals surface area contributed by atoms with Gasteiger partial charge in [-0.3, -0.25) is 14.7 Å². The first kappa shape index (κ1) is 15.6. The Kier molecular flexibility index (Phi) is 5.92. The number of rotatable bonds is 6. The van der Waals surface area contributed by atoms with E-state index in [9.17, 15) is 4.79 Å². The minimum atomic E-state index is -0.0239. The van der Waals surface area contributed by atoms with Crippen molar-refractivity contribution in [3.8, 4) is 0 Å². The second kappa shape index (κ2) is 7.21. The van der Waals surface area contributed by atoms with Crippen LogP contribution in [0.5, 0.6) is 0 Å². The molecule has 0 aromatic carbocycles. The van der Waals surface area contributed by atoms with Gasteiger partial charge in [0.2, 0.25) is 5.91 Å². The van der Waals surface area contributed by atoms with E-state index in [0.717, 1.165) is 12.0 Å². The fourth-order valence-electron chi connectivity index (χ4n) is 2.06. The molecular weight excluding hydrogens is 240 g/mol. The first-order valence-corrected chi connectivity index (χ1v) is 6.53. The van der Waals surface area contributed by atoms with Crippen LogP contribution in [0.1, 0.15) is 24.9 Å². The molecule has 0 radical (unpaired) electrons. The maximum Gasteiger partial charge on any atom is 0.236 e. The fourth-order valence-corrected chi connectivity index (χ4v) is 2.06. The van der Waals surface area contributed by atoms with Crippen molar-refractivity contribution < 1.29 is 4.79 Å². The summed E-state index contributed by atoms with van der Waals surface area (Å²) in [7, 11) is 5.44. The molecule has 106 valence electrons. The summed E-state index contributed by atoms with van der Waals surface area (Å²) in [6.45, 7) is 2.40. The van der Waals surface area contributed by atoms with Crippen LogP contribution in [-0.4, -0.2) is 54.4 Å². The number of amides is 1. The van der Waals surface area contributed by atoms with Crippen molar-refractivity contribution in [3.05, 3.63) is 30.1 Å². The zero-order valence-corrected chi connectivity index (χ0v) is 12.2. The zero-order valence-electron chi connectivity index (χ0n) is 12.2. The number of nitrogens with zero attached hydrogens (tertiary/aromatic N) is 3. The van der Waals surface area contributed by atoms with E-state index in [1.807, 2.05) is 30.3 Å². The van der Waals surface area contributed by atoms with E-state index < -0.39 is 0 Å². The summed E-state index contributed by atoms with van der Waals surface area (Å²) >= 11 is 0. The number of likely N-dealkylation sites (N-methyl/N-ethyl adjacent to an activating group) is 2. The summed E-state index contributed by atoms with van der Waals surface area (Å²) in [6.07, 6.45) is 4.40. The maximum atomic E-state index is 11.8. The molecular formula is C14H24N4O. The number of carbonyl (C=O) groups is 1. The Morgan fingerprint density at radius 3 is 2.58 bits per heavy atom. The molecule has 0 fully saturated rings. The molecule has 0 aliphatic rings. The summed E-state index contributed by atoms with van der Waals surface area (Å²) in [5.74, 6) is 0.0692. The Morgan fingerprint density at radius 1 is 1.42 bits per heavy atom. The van der Waals surface area contributed by atoms with Crippen molar-refractivity contribution in [2.24, 2.45) is 5.73 Å². The second-order valence-electron chi connectivity index (χ2n) is 5.01. The van der Waals surface area contributed by atoms with E-state index in [1.165, 1.54) is 0 Å². The van der Waals surface area contributed by atoms with Gasteiger partial charge in [-0.05, 0) is 25.1 Å². The number of hydrogen-bond donors (Lipinski definition) is 1. The molecule has 5 heteroatoms. The molecule has 1 amide bonds. The molecule has 1 aromatic rings. The molecule has 2 atom stereocenters. The average Bonchev–Trinajstić information content (AvgIpc) is 2.39. The molecule has 2 unspecified atom stereocenters. The molecule has 2 N–H and O–H groups in total. The van der Waals surface area contributed by atoms with Gasteiger partial charge in [-0.25, -0.2) is 0 Å². The monoisotopic (exact) mass is 264 g/mol. The first-order chi connectivity index (χ1) is 8.97. The van der Waals surface area contributed by atoms with Crippen molar-refractivity contribution >= 4 is 5.91 Å². The third kappa shape index (κ3) is 4.29. The van der Waals surface area contributed by atoms with Gasteiger partial charge in [0.15, 0.2) is 0 Å². The van der Waals surface area contributed by atoms with Crippen LogP contribution in [-0.2, 0) is 4.79 Å². The molecule has 1 rings (SSSR count). The van der Waals surface area contributed by atoms with E-state index in [-0.39, 0.29) is 18.0 Å². The van der Waals surface area contributed by atoms with Crippen molar-refractivity contribution in [2.45, 2.75) is 25.4 Å². The molecule has 0 aliphatic carbocycles. The second-order valence-corrected chi connectivity index (χ2v) is 5.01. The molecule has 19 heavy (non-hydrogen) atoms. The highest BCUT2D eigenvalue weighted by Crippen LogP contribution is 2.22. The summed E-state index contributed by atoms with van der Waals surface area (Å²) < 4.78 is 0. The lowest BCUT2D eigenvalue weighted by Gasteiger charge is -2.32. The third-order valence-corrected chi connectivity index (χ3v) is 3.26. The summed E-state index contributed by atoms with van der Waals surface area (Å²) in [4.78, 5) is 19.6. The third-order valence-electron chi connectivity index (χ3n) is 3.26. The first-order valence-electron chi connectivity index (χ1n) is 6.53. The van der Waals surface area contributed by atoms with E-state index in [0.29, 0.717) is 6.54 Å². The normalized spacial score (nSPS) is 14.2. The molecule has 0 spiro atoms. The molecule has 0 bridgehead atoms. The van der Waals surface area contributed by atoms with Crippen LogP contribution in [0.3, 0.4) is 0 Å². The van der Waals surface area contributed by atoms with Gasteiger partial charge in [0.05, 0.1) is 12.6 Å². The number of carbonyl (C=O) groups excluding carboxylic acids is 1. The Balaban J connectivity index is 2.89. The topological polar surface area (TPSA) is 62.5 Å². The predicted molar refractivity (Wildman–Crippen MR) is 76.6 cm³/mol. The molecule has 0 saturated heterocycles. The van der Waals surface area contributed by atoms with E-state index in [2.05, 4.69) is 11.9 Å². The molecule has 1 aromatic heterocycles. The van der Waals surface area contributed by atoms with Crippen LogP contribution in [0.15, 0.2) is 24.5 Å². The van der Waals surface area contributed by atoms with Gasteiger partial charge in [-0.2, -0.15) is 0 Å². The summed E-state index contributed by atoms with van der Waals surface area (Å²) in [5.41, 5.74) is 7.25. The SMILES string of the molecule is CCC(N)C(c1cccnc1)N(C)CC(=O)N(C)C. The predicted octanol–water partition coefficient (Wildman–Crippen LogP) is 0.880. The fraction of sp³-hybridized carbons (Fsp3) is 0.571. The van der Waals surface area contributed by atoms with Gasteiger partial charge >= 0.3 is 0 Å². The van der Waals surface area contributed by atoms with Crippen molar-refractivity contribution in [2.75, 3.05) is 27.7 Å². The van der Waals surface area contributed by atoms with E-state index in [1.54, 1.807) is 25.2 Å². The summed E-state index contributed by atoms with van der Waals surface area (Å²) in [5, 5.41) is 0. The molecule has 0 aliphatic heterocycles. The largest absolute Gasteiger partial charge is 0.348 e. The summed E-state index contributed by atoms with van der Waals surface area (Å²) in [6, 6.07) is 3.88. The standard InChI is InChI=1S/C14H24N4O/c1-5-12(15)14(11-7-6-8-16-9-11)18(4)10-13(19)17(2)3/h6-9,12,14H,5,10,15H2,1-4H3.